The van der Waals surface area contributed by atoms with Crippen LogP contribution in [0, 0.1) is 0 Å². The van der Waals surface area contributed by atoms with Crippen LogP contribution in [-0.4, -0.2) is 49.6 Å². The lowest BCUT2D eigenvalue weighted by atomic mass is 10.2. The van der Waals surface area contributed by atoms with E-state index in [2.05, 4.69) is 10.3 Å². The number of ether oxygens (including phenoxy) is 2. The fraction of sp³-hybridized carbons (Fsp3) is 0.238. The minimum Gasteiger partial charge on any atom is -0.482 e. The summed E-state index contributed by atoms with van der Waals surface area (Å²) in [6.07, 6.45) is 0. The number of amides is 1. The van der Waals surface area contributed by atoms with Crippen molar-refractivity contribution in [1.82, 2.24) is 9.88 Å². The summed E-state index contributed by atoms with van der Waals surface area (Å²) in [7, 11) is 3.98. The first kappa shape index (κ1) is 21.2. The number of nitrogens with zero attached hydrogens (tertiary/aromatic N) is 2. The van der Waals surface area contributed by atoms with Crippen LogP contribution in [-0.2, 0) is 4.79 Å². The second kappa shape index (κ2) is 9.78. The minimum absolute atomic E-state index is 0.170. The molecule has 0 spiro atoms. The maximum absolute atomic E-state index is 12.2. The van der Waals surface area contributed by atoms with Crippen molar-refractivity contribution in [3.05, 3.63) is 58.6 Å². The number of fused-ring (bicyclic) bond motifs is 1. The average Bonchev–Trinajstić information content (AvgIpc) is 2.67. The van der Waals surface area contributed by atoms with E-state index in [0.29, 0.717) is 34.0 Å². The summed E-state index contributed by atoms with van der Waals surface area (Å²) in [5.41, 5.74) is 1.44. The summed E-state index contributed by atoms with van der Waals surface area (Å²) in [4.78, 5) is 18.7. The highest BCUT2D eigenvalue weighted by Crippen LogP contribution is 2.27. The molecule has 3 aromatic rings. The Morgan fingerprint density at radius 3 is 2.66 bits per heavy atom. The van der Waals surface area contributed by atoms with Crippen LogP contribution in [0.15, 0.2) is 48.5 Å². The van der Waals surface area contributed by atoms with Gasteiger partial charge in [0.25, 0.3) is 5.91 Å². The average molecular weight is 434 g/mol. The number of nitrogens with one attached hydrogen (secondary N) is 1. The van der Waals surface area contributed by atoms with Crippen LogP contribution in [0.25, 0.3) is 10.9 Å². The lowest BCUT2D eigenvalue weighted by Gasteiger charge is -2.11. The van der Waals surface area contributed by atoms with Gasteiger partial charge >= 0.3 is 0 Å². The molecule has 0 fully saturated rings. The van der Waals surface area contributed by atoms with Crippen LogP contribution < -0.4 is 14.8 Å². The summed E-state index contributed by atoms with van der Waals surface area (Å²) >= 11 is 11.9. The molecule has 0 radical (unpaired) electrons. The van der Waals surface area contributed by atoms with Gasteiger partial charge in [0, 0.05) is 28.7 Å². The first-order valence-electron chi connectivity index (χ1n) is 8.97. The number of hydrogen-bond acceptors (Lipinski definition) is 5. The van der Waals surface area contributed by atoms with Gasteiger partial charge in [0.2, 0.25) is 5.88 Å². The molecule has 1 amide bonds. The molecule has 152 valence electrons. The molecule has 2 aromatic carbocycles. The van der Waals surface area contributed by atoms with E-state index >= 15 is 0 Å². The smallest absolute Gasteiger partial charge is 0.262 e. The summed E-state index contributed by atoms with van der Waals surface area (Å²) in [5.74, 6) is 0.673. The molecule has 0 saturated heterocycles. The van der Waals surface area contributed by atoms with E-state index in [1.54, 1.807) is 24.3 Å². The number of carbonyl (C=O) groups is 1. The Bertz CT molecular complexity index is 1010. The van der Waals surface area contributed by atoms with Gasteiger partial charge in [-0.2, -0.15) is 0 Å². The molecule has 0 saturated carbocycles. The first-order chi connectivity index (χ1) is 13.9. The van der Waals surface area contributed by atoms with Gasteiger partial charge in [0.15, 0.2) is 6.61 Å². The minimum atomic E-state index is -0.299. The molecule has 1 N–H and O–H groups in total. The topological polar surface area (TPSA) is 63.7 Å². The number of rotatable bonds is 8. The van der Waals surface area contributed by atoms with Crippen LogP contribution in [0.2, 0.25) is 10.0 Å². The Balaban J connectivity index is 1.58. The van der Waals surface area contributed by atoms with Crippen molar-refractivity contribution >= 4 is 45.7 Å². The Labute approximate surface area is 179 Å². The molecule has 1 heterocycles. The third-order valence-corrected chi connectivity index (χ3v) is 4.52. The molecule has 3 rings (SSSR count). The molecule has 0 bridgehead atoms. The van der Waals surface area contributed by atoms with Crippen molar-refractivity contribution < 1.29 is 14.3 Å². The third kappa shape index (κ3) is 6.22. The molecular weight excluding hydrogens is 413 g/mol. The van der Waals surface area contributed by atoms with Crippen LogP contribution >= 0.6 is 23.2 Å². The highest BCUT2D eigenvalue weighted by molar-refractivity contribution is 6.35. The maximum Gasteiger partial charge on any atom is 0.262 e. The second-order valence-corrected chi connectivity index (χ2v) is 7.46. The molecule has 0 aliphatic heterocycles. The van der Waals surface area contributed by atoms with Crippen LogP contribution in [0.4, 0.5) is 5.69 Å². The number of carbonyl (C=O) groups excluding carboxylic acids is 1. The summed E-state index contributed by atoms with van der Waals surface area (Å²) < 4.78 is 11.1. The lowest BCUT2D eigenvalue weighted by Crippen LogP contribution is -2.20. The Morgan fingerprint density at radius 1 is 1.07 bits per heavy atom. The fourth-order valence-electron chi connectivity index (χ4n) is 2.53. The standard InChI is InChI=1S/C21H21Cl2N3O3/c1-26(2)9-10-28-21-8-3-14-11-16(5-6-18(14)25-21)24-20(27)13-29-19-7-4-15(22)12-17(19)23/h3-8,11-12H,9-10,13H2,1-2H3,(H,24,27). The van der Waals surface area contributed by atoms with E-state index in [1.807, 2.05) is 43.3 Å². The van der Waals surface area contributed by atoms with E-state index in [1.165, 1.54) is 0 Å². The maximum atomic E-state index is 12.2. The van der Waals surface area contributed by atoms with E-state index in [0.717, 1.165) is 17.4 Å². The third-order valence-electron chi connectivity index (χ3n) is 3.99. The summed E-state index contributed by atoms with van der Waals surface area (Å²) in [6, 6.07) is 14.0. The molecule has 6 nitrogen and oxygen atoms in total. The normalized spacial score (nSPS) is 10.9. The fourth-order valence-corrected chi connectivity index (χ4v) is 2.99. The Morgan fingerprint density at radius 2 is 1.90 bits per heavy atom. The van der Waals surface area contributed by atoms with Crippen molar-refractivity contribution in [2.24, 2.45) is 0 Å². The van der Waals surface area contributed by atoms with Gasteiger partial charge in [-0.15, -0.1) is 0 Å². The van der Waals surface area contributed by atoms with Crippen LogP contribution in [0.1, 0.15) is 0 Å². The molecule has 0 unspecified atom stereocenters. The number of likely N-dealkylation sites (N-methyl/N-ethyl adjacent to an activating group) is 1. The molecule has 0 aliphatic carbocycles. The largest absolute Gasteiger partial charge is 0.482 e. The monoisotopic (exact) mass is 433 g/mol. The Kier molecular flexibility index (Phi) is 7.14. The van der Waals surface area contributed by atoms with Crippen molar-refractivity contribution in [2.75, 3.05) is 39.2 Å². The first-order valence-corrected chi connectivity index (χ1v) is 9.72. The molecular formula is C21H21Cl2N3O3. The van der Waals surface area contributed by atoms with Crippen LogP contribution in [0.3, 0.4) is 0 Å². The van der Waals surface area contributed by atoms with E-state index < -0.39 is 0 Å². The van der Waals surface area contributed by atoms with Crippen LogP contribution in [0.5, 0.6) is 11.6 Å². The highest BCUT2D eigenvalue weighted by Gasteiger charge is 2.08. The number of halogens is 2. The molecule has 0 aliphatic rings. The molecule has 29 heavy (non-hydrogen) atoms. The predicted molar refractivity (Wildman–Crippen MR) is 116 cm³/mol. The van der Waals surface area contributed by atoms with Gasteiger partial charge in [-0.25, -0.2) is 4.98 Å². The number of pyridine rings is 1. The van der Waals surface area contributed by atoms with E-state index in [-0.39, 0.29) is 12.5 Å². The summed E-state index contributed by atoms with van der Waals surface area (Å²) in [6.45, 7) is 1.21. The number of hydrogen-bond donors (Lipinski definition) is 1. The van der Waals surface area contributed by atoms with Crippen molar-refractivity contribution in [3.63, 3.8) is 0 Å². The van der Waals surface area contributed by atoms with Crippen molar-refractivity contribution in [3.8, 4) is 11.6 Å². The van der Waals surface area contributed by atoms with Gasteiger partial charge in [0.1, 0.15) is 12.4 Å². The van der Waals surface area contributed by atoms with E-state index in [4.69, 9.17) is 32.7 Å². The quantitative estimate of drug-likeness (QED) is 0.566. The van der Waals surface area contributed by atoms with Crippen molar-refractivity contribution in [1.29, 1.82) is 0 Å². The predicted octanol–water partition coefficient (Wildman–Crippen LogP) is 4.50. The zero-order valence-corrected chi connectivity index (χ0v) is 17.6. The van der Waals surface area contributed by atoms with Crippen molar-refractivity contribution in [2.45, 2.75) is 0 Å². The van der Waals surface area contributed by atoms with Gasteiger partial charge in [-0.3, -0.25) is 4.79 Å². The molecule has 1 aromatic heterocycles. The number of anilines is 1. The van der Waals surface area contributed by atoms with E-state index in [9.17, 15) is 4.79 Å². The van der Waals surface area contributed by atoms with Gasteiger partial charge in [-0.05, 0) is 56.6 Å². The lowest BCUT2D eigenvalue weighted by molar-refractivity contribution is -0.118. The number of aromatic nitrogens is 1. The SMILES string of the molecule is CN(C)CCOc1ccc2cc(NC(=O)COc3ccc(Cl)cc3Cl)ccc2n1. The Hall–Kier alpha value is -2.54. The van der Waals surface area contributed by atoms with Gasteiger partial charge < -0.3 is 19.7 Å². The molecule has 8 heteroatoms. The highest BCUT2D eigenvalue weighted by atomic mass is 35.5. The summed E-state index contributed by atoms with van der Waals surface area (Å²) in [5, 5.41) is 4.55. The zero-order chi connectivity index (χ0) is 20.8. The number of benzene rings is 2. The van der Waals surface area contributed by atoms with Gasteiger partial charge in [0.05, 0.1) is 10.5 Å². The van der Waals surface area contributed by atoms with Gasteiger partial charge in [-0.1, -0.05) is 23.2 Å². The second-order valence-electron chi connectivity index (χ2n) is 6.62. The zero-order valence-electron chi connectivity index (χ0n) is 16.1. The molecule has 0 atom stereocenters.